The molecule has 7 heteroatoms. The molecule has 0 atom stereocenters. The van der Waals surface area contributed by atoms with Gasteiger partial charge in [-0.1, -0.05) is 40.9 Å². The van der Waals surface area contributed by atoms with Crippen LogP contribution in [0.1, 0.15) is 22.3 Å². The average molecular weight is 425 g/mol. The number of ether oxygens (including phenoxy) is 1. The first-order valence-electron chi connectivity index (χ1n) is 8.39. The number of hydrogen-bond donors (Lipinski definition) is 0. The van der Waals surface area contributed by atoms with Gasteiger partial charge in [-0.25, -0.2) is 4.79 Å². The summed E-state index contributed by atoms with van der Waals surface area (Å²) in [7, 11) is 0. The van der Waals surface area contributed by atoms with Crippen molar-refractivity contribution < 1.29 is 9.15 Å². The van der Waals surface area contributed by atoms with Crippen LogP contribution in [-0.2, 0) is 13.1 Å². The van der Waals surface area contributed by atoms with Crippen LogP contribution in [0.5, 0.6) is 5.75 Å². The second kappa shape index (κ2) is 7.02. The Labute approximate surface area is 171 Å². The highest BCUT2D eigenvalue weighted by molar-refractivity contribution is 6.42. The molecular formula is C20H16Cl3NO3. The van der Waals surface area contributed by atoms with Gasteiger partial charge in [-0.05, 0) is 43.2 Å². The minimum absolute atomic E-state index is 0.342. The summed E-state index contributed by atoms with van der Waals surface area (Å²) in [4.78, 5) is 14.3. The van der Waals surface area contributed by atoms with E-state index in [9.17, 15) is 4.79 Å². The summed E-state index contributed by atoms with van der Waals surface area (Å²) in [5, 5.41) is 2.38. The minimum atomic E-state index is -0.342. The van der Waals surface area contributed by atoms with Gasteiger partial charge in [0.15, 0.2) is 0 Å². The van der Waals surface area contributed by atoms with Gasteiger partial charge >= 0.3 is 5.63 Å². The maximum Gasteiger partial charge on any atom is 0.339 e. The van der Waals surface area contributed by atoms with Crippen LogP contribution in [0.4, 0.5) is 0 Å². The van der Waals surface area contributed by atoms with Crippen LogP contribution in [0.2, 0.25) is 15.1 Å². The van der Waals surface area contributed by atoms with Gasteiger partial charge in [-0.15, -0.1) is 0 Å². The van der Waals surface area contributed by atoms with Crippen molar-refractivity contribution in [3.63, 3.8) is 0 Å². The van der Waals surface area contributed by atoms with E-state index < -0.39 is 0 Å². The summed E-state index contributed by atoms with van der Waals surface area (Å²) in [6.07, 6.45) is 0. The van der Waals surface area contributed by atoms with Crippen LogP contribution in [0.25, 0.3) is 11.0 Å². The summed E-state index contributed by atoms with van der Waals surface area (Å²) in [5.74, 6) is 0.570. The molecule has 2 aromatic carbocycles. The zero-order chi connectivity index (χ0) is 19.3. The fourth-order valence-electron chi connectivity index (χ4n) is 3.31. The van der Waals surface area contributed by atoms with Gasteiger partial charge in [-0.3, -0.25) is 4.90 Å². The number of benzene rings is 2. The van der Waals surface area contributed by atoms with Crippen molar-refractivity contribution in [2.75, 3.05) is 6.73 Å². The molecule has 0 unspecified atom stereocenters. The van der Waals surface area contributed by atoms with Gasteiger partial charge < -0.3 is 9.15 Å². The molecule has 0 N–H and O–H groups in total. The third kappa shape index (κ3) is 3.32. The van der Waals surface area contributed by atoms with E-state index in [-0.39, 0.29) is 5.63 Å². The fraction of sp³-hybridized carbons (Fsp3) is 0.250. The summed E-state index contributed by atoms with van der Waals surface area (Å²) < 4.78 is 11.5. The Bertz CT molecular complexity index is 1120. The van der Waals surface area contributed by atoms with E-state index in [2.05, 4.69) is 4.90 Å². The Morgan fingerprint density at radius 2 is 1.81 bits per heavy atom. The van der Waals surface area contributed by atoms with Crippen LogP contribution in [0.3, 0.4) is 0 Å². The largest absolute Gasteiger partial charge is 0.476 e. The molecule has 4 rings (SSSR count). The predicted molar refractivity (Wildman–Crippen MR) is 108 cm³/mol. The number of aryl methyl sites for hydroxylation is 1. The average Bonchev–Trinajstić information content (AvgIpc) is 2.64. The molecule has 27 heavy (non-hydrogen) atoms. The molecule has 4 nitrogen and oxygen atoms in total. The summed E-state index contributed by atoms with van der Waals surface area (Å²) in [6.45, 7) is 5.17. The van der Waals surface area contributed by atoms with Crippen LogP contribution in [-0.4, -0.2) is 11.6 Å². The van der Waals surface area contributed by atoms with Gasteiger partial charge in [0.1, 0.15) is 18.1 Å². The van der Waals surface area contributed by atoms with Crippen molar-refractivity contribution in [2.45, 2.75) is 26.9 Å². The first kappa shape index (κ1) is 18.6. The normalized spacial score (nSPS) is 14.3. The number of halogens is 3. The van der Waals surface area contributed by atoms with Crippen LogP contribution in [0.15, 0.2) is 33.5 Å². The molecule has 0 bridgehead atoms. The molecule has 0 aliphatic carbocycles. The summed E-state index contributed by atoms with van der Waals surface area (Å²) in [5.41, 5.74) is 3.43. The molecule has 0 fully saturated rings. The highest BCUT2D eigenvalue weighted by atomic mass is 35.5. The van der Waals surface area contributed by atoms with Gasteiger partial charge in [-0.2, -0.15) is 0 Å². The second-order valence-corrected chi connectivity index (χ2v) is 7.91. The smallest absolute Gasteiger partial charge is 0.339 e. The van der Waals surface area contributed by atoms with E-state index in [1.807, 2.05) is 19.1 Å². The molecule has 1 aliphatic rings. The molecular weight excluding hydrogens is 409 g/mol. The molecule has 2 heterocycles. The fourth-order valence-corrected chi connectivity index (χ4v) is 3.91. The summed E-state index contributed by atoms with van der Waals surface area (Å²) in [6, 6.07) is 7.33. The lowest BCUT2D eigenvalue weighted by Gasteiger charge is -2.30. The minimum Gasteiger partial charge on any atom is -0.476 e. The SMILES string of the molecule is Cc1c(C)c2cc(Cl)c3c(c2oc1=O)CN(Cc1ccc(Cl)c(Cl)c1)CO3. The van der Waals surface area contributed by atoms with Crippen molar-refractivity contribution in [3.05, 3.63) is 72.0 Å². The van der Waals surface area contributed by atoms with Crippen molar-refractivity contribution in [2.24, 2.45) is 0 Å². The van der Waals surface area contributed by atoms with E-state index in [0.29, 0.717) is 51.8 Å². The Morgan fingerprint density at radius 1 is 1.04 bits per heavy atom. The highest BCUT2D eigenvalue weighted by Crippen LogP contribution is 2.40. The number of rotatable bonds is 2. The van der Waals surface area contributed by atoms with E-state index in [1.165, 1.54) is 0 Å². The van der Waals surface area contributed by atoms with Crippen LogP contribution < -0.4 is 10.4 Å². The predicted octanol–water partition coefficient (Wildman–Crippen LogP) is 5.72. The van der Waals surface area contributed by atoms with Gasteiger partial charge in [0.2, 0.25) is 0 Å². The Morgan fingerprint density at radius 3 is 2.56 bits per heavy atom. The van der Waals surface area contributed by atoms with Crippen molar-refractivity contribution in [1.29, 1.82) is 0 Å². The third-order valence-corrected chi connectivity index (χ3v) is 5.93. The van der Waals surface area contributed by atoms with Gasteiger partial charge in [0.25, 0.3) is 0 Å². The molecule has 3 aromatic rings. The van der Waals surface area contributed by atoms with Crippen molar-refractivity contribution >= 4 is 45.8 Å². The number of fused-ring (bicyclic) bond motifs is 3. The number of hydrogen-bond acceptors (Lipinski definition) is 4. The van der Waals surface area contributed by atoms with Crippen molar-refractivity contribution in [1.82, 2.24) is 4.90 Å². The van der Waals surface area contributed by atoms with E-state index in [0.717, 1.165) is 22.1 Å². The van der Waals surface area contributed by atoms with E-state index >= 15 is 0 Å². The Hall–Kier alpha value is -1.72. The van der Waals surface area contributed by atoms with Gasteiger partial charge in [0, 0.05) is 24.0 Å². The lowest BCUT2D eigenvalue weighted by atomic mass is 10.0. The number of nitrogens with zero attached hydrogens (tertiary/aromatic N) is 1. The molecule has 0 saturated carbocycles. The topological polar surface area (TPSA) is 42.7 Å². The molecule has 140 valence electrons. The maximum absolute atomic E-state index is 12.2. The summed E-state index contributed by atoms with van der Waals surface area (Å²) >= 11 is 18.5. The maximum atomic E-state index is 12.2. The lowest BCUT2D eigenvalue weighted by Crippen LogP contribution is -2.32. The Kier molecular flexibility index (Phi) is 4.85. The Balaban J connectivity index is 1.75. The zero-order valence-corrected chi connectivity index (χ0v) is 17.0. The molecule has 1 aliphatic heterocycles. The van der Waals surface area contributed by atoms with E-state index in [1.54, 1.807) is 19.1 Å². The molecule has 0 saturated heterocycles. The first-order valence-corrected chi connectivity index (χ1v) is 9.53. The quantitative estimate of drug-likeness (QED) is 0.493. The van der Waals surface area contributed by atoms with E-state index in [4.69, 9.17) is 44.0 Å². The highest BCUT2D eigenvalue weighted by Gasteiger charge is 2.25. The van der Waals surface area contributed by atoms with Crippen LogP contribution >= 0.6 is 34.8 Å². The first-order chi connectivity index (χ1) is 12.8. The third-order valence-electron chi connectivity index (χ3n) is 4.91. The lowest BCUT2D eigenvalue weighted by molar-refractivity contribution is 0.0890. The molecule has 0 spiro atoms. The molecule has 0 amide bonds. The second-order valence-electron chi connectivity index (χ2n) is 6.69. The standard InChI is InChI=1S/C20H16Cl3NO3/c1-10-11(2)20(25)27-18-13(10)6-17(23)19-14(18)8-24(9-26-19)7-12-3-4-15(21)16(22)5-12/h3-6H,7-9H2,1-2H3. The van der Waals surface area contributed by atoms with Crippen LogP contribution in [0, 0.1) is 13.8 Å². The molecule has 1 aromatic heterocycles. The monoisotopic (exact) mass is 423 g/mol. The zero-order valence-electron chi connectivity index (χ0n) is 14.7. The molecule has 0 radical (unpaired) electrons. The van der Waals surface area contributed by atoms with Crippen molar-refractivity contribution in [3.8, 4) is 5.75 Å². The van der Waals surface area contributed by atoms with Gasteiger partial charge in [0.05, 0.1) is 20.6 Å².